The Kier molecular flexibility index (Phi) is 4.19. The van der Waals surface area contributed by atoms with Crippen LogP contribution in [0, 0.1) is 0 Å². The minimum absolute atomic E-state index is 0.0338. The lowest BCUT2D eigenvalue weighted by Gasteiger charge is -2.07. The van der Waals surface area contributed by atoms with Gasteiger partial charge in [-0.25, -0.2) is 0 Å². The molecule has 0 aromatic carbocycles. The van der Waals surface area contributed by atoms with Gasteiger partial charge in [-0.3, -0.25) is 4.68 Å². The molecule has 19 heavy (non-hydrogen) atoms. The van der Waals surface area contributed by atoms with E-state index in [1.165, 1.54) is 4.80 Å². The zero-order chi connectivity index (χ0) is 14.0. The molecule has 0 aliphatic rings. The standard InChI is InChI=1S/C12H19ClN6/c1-5-9-12(8(3)13)10(6-2)19(15-9)7-11-14-17-18(4)16-11/h8H,5-7H2,1-4H3. The number of hydrogen-bond acceptors (Lipinski definition) is 4. The fraction of sp³-hybridized carbons (Fsp3) is 0.667. The van der Waals surface area contributed by atoms with Crippen LogP contribution in [0.5, 0.6) is 0 Å². The molecule has 0 N–H and O–H groups in total. The van der Waals surface area contributed by atoms with Crippen molar-refractivity contribution in [3.05, 3.63) is 22.8 Å². The molecular formula is C12H19ClN6. The Bertz CT molecular complexity index is 557. The SMILES string of the molecule is CCc1nn(Cc2nnn(C)n2)c(CC)c1C(C)Cl. The van der Waals surface area contributed by atoms with Crippen LogP contribution in [0.1, 0.15) is 48.9 Å². The number of aromatic nitrogens is 6. The van der Waals surface area contributed by atoms with Gasteiger partial charge in [0.05, 0.1) is 18.1 Å². The van der Waals surface area contributed by atoms with Crippen molar-refractivity contribution in [1.82, 2.24) is 30.0 Å². The maximum atomic E-state index is 6.29. The molecule has 0 radical (unpaired) electrons. The number of rotatable bonds is 5. The molecule has 1 unspecified atom stereocenters. The van der Waals surface area contributed by atoms with Crippen LogP contribution in [0.2, 0.25) is 0 Å². The Morgan fingerprint density at radius 2 is 1.95 bits per heavy atom. The van der Waals surface area contributed by atoms with Crippen LogP contribution in [0.25, 0.3) is 0 Å². The Balaban J connectivity index is 2.39. The van der Waals surface area contributed by atoms with Crippen LogP contribution in [0.4, 0.5) is 0 Å². The molecule has 0 aliphatic carbocycles. The second-order valence-corrected chi connectivity index (χ2v) is 5.14. The van der Waals surface area contributed by atoms with Crippen molar-refractivity contribution in [2.45, 2.75) is 45.5 Å². The second kappa shape index (κ2) is 5.69. The van der Waals surface area contributed by atoms with Crippen LogP contribution in [0.3, 0.4) is 0 Å². The molecule has 0 aliphatic heterocycles. The van der Waals surface area contributed by atoms with E-state index in [9.17, 15) is 0 Å². The highest BCUT2D eigenvalue weighted by Crippen LogP contribution is 2.28. The van der Waals surface area contributed by atoms with E-state index in [1.54, 1.807) is 7.05 Å². The molecule has 0 bridgehead atoms. The quantitative estimate of drug-likeness (QED) is 0.786. The first-order chi connectivity index (χ1) is 9.06. The Morgan fingerprint density at radius 3 is 2.42 bits per heavy atom. The molecule has 0 amide bonds. The molecule has 1 atom stereocenters. The van der Waals surface area contributed by atoms with Crippen molar-refractivity contribution in [1.29, 1.82) is 0 Å². The minimum atomic E-state index is -0.0338. The van der Waals surface area contributed by atoms with Gasteiger partial charge in [-0.2, -0.15) is 9.90 Å². The van der Waals surface area contributed by atoms with Gasteiger partial charge in [0, 0.05) is 11.3 Å². The highest BCUT2D eigenvalue weighted by Gasteiger charge is 2.20. The van der Waals surface area contributed by atoms with Gasteiger partial charge in [0.2, 0.25) is 0 Å². The predicted molar refractivity (Wildman–Crippen MR) is 73.2 cm³/mol. The van der Waals surface area contributed by atoms with Crippen molar-refractivity contribution in [2.75, 3.05) is 0 Å². The third-order valence-electron chi connectivity index (χ3n) is 3.08. The monoisotopic (exact) mass is 282 g/mol. The van der Waals surface area contributed by atoms with E-state index in [2.05, 4.69) is 34.4 Å². The molecule has 0 fully saturated rings. The molecule has 2 aromatic rings. The third kappa shape index (κ3) is 2.78. The maximum Gasteiger partial charge on any atom is 0.196 e. The average Bonchev–Trinajstić information content (AvgIpc) is 2.93. The maximum absolute atomic E-state index is 6.29. The number of alkyl halides is 1. The highest BCUT2D eigenvalue weighted by atomic mass is 35.5. The van der Waals surface area contributed by atoms with Crippen LogP contribution in [-0.4, -0.2) is 30.0 Å². The van der Waals surface area contributed by atoms with E-state index in [0.717, 1.165) is 29.8 Å². The lowest BCUT2D eigenvalue weighted by Crippen LogP contribution is -2.08. The van der Waals surface area contributed by atoms with Gasteiger partial charge >= 0.3 is 0 Å². The molecule has 2 rings (SSSR count). The van der Waals surface area contributed by atoms with E-state index in [-0.39, 0.29) is 5.38 Å². The average molecular weight is 283 g/mol. The van der Waals surface area contributed by atoms with Crippen molar-refractivity contribution in [2.24, 2.45) is 7.05 Å². The second-order valence-electron chi connectivity index (χ2n) is 4.48. The summed E-state index contributed by atoms with van der Waals surface area (Å²) in [5.41, 5.74) is 3.37. The Hall–Kier alpha value is -1.43. The van der Waals surface area contributed by atoms with Crippen molar-refractivity contribution in [3.8, 4) is 0 Å². The summed E-state index contributed by atoms with van der Waals surface area (Å²) in [7, 11) is 1.75. The van der Waals surface area contributed by atoms with Gasteiger partial charge in [-0.15, -0.1) is 21.8 Å². The highest BCUT2D eigenvalue weighted by molar-refractivity contribution is 6.20. The molecule has 0 saturated carbocycles. The third-order valence-corrected chi connectivity index (χ3v) is 3.30. The Morgan fingerprint density at radius 1 is 1.21 bits per heavy atom. The summed E-state index contributed by atoms with van der Waals surface area (Å²) in [5, 5.41) is 16.6. The zero-order valence-corrected chi connectivity index (χ0v) is 12.5. The molecule has 104 valence electrons. The van der Waals surface area contributed by atoms with Crippen molar-refractivity contribution >= 4 is 11.6 Å². The molecule has 2 heterocycles. The van der Waals surface area contributed by atoms with Crippen molar-refractivity contribution in [3.63, 3.8) is 0 Å². The van der Waals surface area contributed by atoms with Gasteiger partial charge in [0.1, 0.15) is 6.54 Å². The zero-order valence-electron chi connectivity index (χ0n) is 11.8. The summed E-state index contributed by atoms with van der Waals surface area (Å²) in [4.78, 5) is 1.45. The van der Waals surface area contributed by atoms with Crippen LogP contribution < -0.4 is 0 Å². The van der Waals surface area contributed by atoms with Crippen LogP contribution in [-0.2, 0) is 26.4 Å². The van der Waals surface area contributed by atoms with Gasteiger partial charge in [0.25, 0.3) is 0 Å². The molecule has 7 heteroatoms. The molecule has 2 aromatic heterocycles. The summed E-state index contributed by atoms with van der Waals surface area (Å²) in [6.45, 7) is 6.73. The molecule has 0 saturated heterocycles. The molecule has 0 spiro atoms. The Labute approximate surface area is 117 Å². The van der Waals surface area contributed by atoms with Gasteiger partial charge < -0.3 is 0 Å². The van der Waals surface area contributed by atoms with E-state index >= 15 is 0 Å². The minimum Gasteiger partial charge on any atom is -0.261 e. The lowest BCUT2D eigenvalue weighted by molar-refractivity contribution is 0.602. The van der Waals surface area contributed by atoms with Crippen LogP contribution >= 0.6 is 11.6 Å². The molecular weight excluding hydrogens is 264 g/mol. The van der Waals surface area contributed by atoms with Gasteiger partial charge in [-0.1, -0.05) is 13.8 Å². The number of halogens is 1. The van der Waals surface area contributed by atoms with Gasteiger partial charge in [-0.05, 0) is 25.0 Å². The van der Waals surface area contributed by atoms with Crippen molar-refractivity contribution < 1.29 is 0 Å². The summed E-state index contributed by atoms with van der Waals surface area (Å²) < 4.78 is 1.95. The largest absolute Gasteiger partial charge is 0.261 e. The first kappa shape index (κ1) is 14.0. The summed E-state index contributed by atoms with van der Waals surface area (Å²) in [6, 6.07) is 0. The van der Waals surface area contributed by atoms with E-state index < -0.39 is 0 Å². The predicted octanol–water partition coefficient (Wildman–Crippen LogP) is 1.88. The number of tetrazole rings is 1. The fourth-order valence-electron chi connectivity index (χ4n) is 2.31. The first-order valence-electron chi connectivity index (χ1n) is 6.52. The summed E-state index contributed by atoms with van der Waals surface area (Å²) in [5.74, 6) is 0.663. The van der Waals surface area contributed by atoms with E-state index in [1.807, 2.05) is 11.6 Å². The van der Waals surface area contributed by atoms with E-state index in [0.29, 0.717) is 12.4 Å². The number of hydrogen-bond donors (Lipinski definition) is 0. The number of nitrogens with zero attached hydrogens (tertiary/aromatic N) is 6. The van der Waals surface area contributed by atoms with E-state index in [4.69, 9.17) is 11.6 Å². The smallest absolute Gasteiger partial charge is 0.196 e. The fourth-order valence-corrected chi connectivity index (χ4v) is 2.56. The molecule has 6 nitrogen and oxygen atoms in total. The van der Waals surface area contributed by atoms with Gasteiger partial charge in [0.15, 0.2) is 5.82 Å². The topological polar surface area (TPSA) is 61.4 Å². The summed E-state index contributed by atoms with van der Waals surface area (Å²) >= 11 is 6.29. The normalized spacial score (nSPS) is 12.9. The van der Waals surface area contributed by atoms with Crippen LogP contribution in [0.15, 0.2) is 0 Å². The first-order valence-corrected chi connectivity index (χ1v) is 6.95. The lowest BCUT2D eigenvalue weighted by atomic mass is 10.1. The number of aryl methyl sites for hydroxylation is 2. The summed E-state index contributed by atoms with van der Waals surface area (Å²) in [6.07, 6.45) is 1.76.